The molecule has 0 heterocycles. The van der Waals surface area contributed by atoms with Gasteiger partial charge in [-0.2, -0.15) is 0 Å². The number of aryl methyl sites for hydroxylation is 2. The Morgan fingerprint density at radius 2 is 0.824 bits per heavy atom. The molecule has 0 N–H and O–H groups in total. The highest BCUT2D eigenvalue weighted by Crippen LogP contribution is 2.35. The van der Waals surface area contributed by atoms with E-state index in [2.05, 4.69) is 135 Å². The maximum atomic E-state index is 2.32. The van der Waals surface area contributed by atoms with E-state index in [0.29, 0.717) is 0 Å². The van der Waals surface area contributed by atoms with Crippen LogP contribution in [0.2, 0.25) is 0 Å². The van der Waals surface area contributed by atoms with E-state index >= 15 is 0 Å². The SMILES string of the molecule is CCCc1ccc(C(=C/c2ccccc2)/C(=C/c2ccccc2)c2ccc(CCC)cc2)cc1. The molecule has 0 bridgehead atoms. The van der Waals surface area contributed by atoms with Gasteiger partial charge in [0.15, 0.2) is 0 Å². The number of rotatable bonds is 9. The average molecular weight is 443 g/mol. The van der Waals surface area contributed by atoms with Crippen molar-refractivity contribution in [2.45, 2.75) is 39.5 Å². The van der Waals surface area contributed by atoms with Crippen molar-refractivity contribution in [1.29, 1.82) is 0 Å². The second-order valence-corrected chi connectivity index (χ2v) is 8.83. The predicted octanol–water partition coefficient (Wildman–Crippen LogP) is 9.37. The Kier molecular flexibility index (Phi) is 8.30. The van der Waals surface area contributed by atoms with Crippen molar-refractivity contribution in [2.24, 2.45) is 0 Å². The molecule has 0 heteroatoms. The highest BCUT2D eigenvalue weighted by molar-refractivity contribution is 6.15. The van der Waals surface area contributed by atoms with E-state index in [-0.39, 0.29) is 0 Å². The van der Waals surface area contributed by atoms with E-state index in [0.717, 1.165) is 25.7 Å². The Hall–Kier alpha value is -3.64. The van der Waals surface area contributed by atoms with Crippen molar-refractivity contribution in [3.63, 3.8) is 0 Å². The van der Waals surface area contributed by atoms with E-state index in [1.54, 1.807) is 0 Å². The first-order chi connectivity index (χ1) is 16.8. The summed E-state index contributed by atoms with van der Waals surface area (Å²) in [5, 5.41) is 0. The van der Waals surface area contributed by atoms with Crippen molar-refractivity contribution in [2.75, 3.05) is 0 Å². The molecule has 0 saturated carbocycles. The number of hydrogen-bond acceptors (Lipinski definition) is 0. The lowest BCUT2D eigenvalue weighted by Gasteiger charge is -2.16. The molecule has 4 aromatic rings. The van der Waals surface area contributed by atoms with Crippen LogP contribution in [0.15, 0.2) is 109 Å². The van der Waals surface area contributed by atoms with Crippen LogP contribution in [0.5, 0.6) is 0 Å². The first kappa shape index (κ1) is 23.5. The maximum absolute atomic E-state index is 2.32. The van der Waals surface area contributed by atoms with Crippen molar-refractivity contribution < 1.29 is 0 Å². The predicted molar refractivity (Wildman–Crippen MR) is 149 cm³/mol. The van der Waals surface area contributed by atoms with Gasteiger partial charge in [0, 0.05) is 0 Å². The van der Waals surface area contributed by atoms with E-state index in [9.17, 15) is 0 Å². The van der Waals surface area contributed by atoms with Crippen LogP contribution in [0, 0.1) is 0 Å². The summed E-state index contributed by atoms with van der Waals surface area (Å²) in [5.74, 6) is 0. The van der Waals surface area contributed by atoms with Gasteiger partial charge in [0.2, 0.25) is 0 Å². The van der Waals surface area contributed by atoms with Gasteiger partial charge in [-0.15, -0.1) is 0 Å². The van der Waals surface area contributed by atoms with Gasteiger partial charge < -0.3 is 0 Å². The summed E-state index contributed by atoms with van der Waals surface area (Å²) in [6.45, 7) is 4.47. The lowest BCUT2D eigenvalue weighted by Crippen LogP contribution is -1.94. The summed E-state index contributed by atoms with van der Waals surface area (Å²) >= 11 is 0. The largest absolute Gasteiger partial charge is 0.0651 e. The van der Waals surface area contributed by atoms with Crippen LogP contribution >= 0.6 is 0 Å². The highest BCUT2D eigenvalue weighted by Gasteiger charge is 2.12. The molecule has 0 nitrogen and oxygen atoms in total. The Labute approximate surface area is 205 Å². The number of hydrogen-bond donors (Lipinski definition) is 0. The van der Waals surface area contributed by atoms with Crippen molar-refractivity contribution in [1.82, 2.24) is 0 Å². The van der Waals surface area contributed by atoms with Crippen LogP contribution in [-0.4, -0.2) is 0 Å². The lowest BCUT2D eigenvalue weighted by molar-refractivity contribution is 0.921. The van der Waals surface area contributed by atoms with Crippen LogP contribution in [0.25, 0.3) is 23.3 Å². The molecule has 4 aromatic carbocycles. The third kappa shape index (κ3) is 6.23. The third-order valence-electron chi connectivity index (χ3n) is 6.12. The van der Waals surface area contributed by atoms with Crippen molar-refractivity contribution >= 4 is 23.3 Å². The molecule has 0 aliphatic carbocycles. The second kappa shape index (κ2) is 12.0. The molecule has 0 fully saturated rings. The molecule has 0 radical (unpaired) electrons. The van der Waals surface area contributed by atoms with Gasteiger partial charge in [-0.1, -0.05) is 136 Å². The minimum absolute atomic E-state index is 1.11. The van der Waals surface area contributed by atoms with Gasteiger partial charge in [0.25, 0.3) is 0 Å². The molecule has 0 saturated heterocycles. The summed E-state index contributed by atoms with van der Waals surface area (Å²) in [6.07, 6.45) is 9.20. The molecule has 0 atom stereocenters. The molecular formula is C34H34. The summed E-state index contributed by atoms with van der Waals surface area (Å²) in [4.78, 5) is 0. The summed E-state index contributed by atoms with van der Waals surface area (Å²) in [6, 6.07) is 39.5. The summed E-state index contributed by atoms with van der Waals surface area (Å²) < 4.78 is 0. The van der Waals surface area contributed by atoms with Crippen LogP contribution in [0.4, 0.5) is 0 Å². The molecule has 4 rings (SSSR count). The molecule has 0 spiro atoms. The smallest absolute Gasteiger partial charge is 0.00992 e. The summed E-state index contributed by atoms with van der Waals surface area (Å²) in [7, 11) is 0. The first-order valence-corrected chi connectivity index (χ1v) is 12.5. The van der Waals surface area contributed by atoms with Gasteiger partial charge in [0.05, 0.1) is 0 Å². The van der Waals surface area contributed by atoms with Crippen molar-refractivity contribution in [3.8, 4) is 0 Å². The summed E-state index contributed by atoms with van der Waals surface area (Å²) in [5.41, 5.74) is 10.1. The molecule has 0 unspecified atom stereocenters. The van der Waals surface area contributed by atoms with E-state index in [1.807, 2.05) is 0 Å². The Balaban J connectivity index is 1.88. The van der Waals surface area contributed by atoms with Crippen molar-refractivity contribution in [3.05, 3.63) is 143 Å². The van der Waals surface area contributed by atoms with E-state index in [4.69, 9.17) is 0 Å². The van der Waals surface area contributed by atoms with Gasteiger partial charge in [0.1, 0.15) is 0 Å². The average Bonchev–Trinajstić information content (AvgIpc) is 2.89. The number of allylic oxidation sites excluding steroid dienone is 2. The third-order valence-corrected chi connectivity index (χ3v) is 6.12. The fourth-order valence-electron chi connectivity index (χ4n) is 4.34. The zero-order valence-electron chi connectivity index (χ0n) is 20.4. The first-order valence-electron chi connectivity index (χ1n) is 12.5. The second-order valence-electron chi connectivity index (χ2n) is 8.83. The minimum atomic E-state index is 1.11. The molecule has 0 aliphatic heterocycles. The molecular weight excluding hydrogens is 408 g/mol. The maximum Gasteiger partial charge on any atom is -0.00992 e. The van der Waals surface area contributed by atoms with Gasteiger partial charge in [-0.3, -0.25) is 0 Å². The van der Waals surface area contributed by atoms with Crippen LogP contribution < -0.4 is 0 Å². The number of benzene rings is 4. The standard InChI is InChI=1S/C34H34/c1-3-11-27-17-21-31(22-18-27)33(25-29-13-7-5-8-14-29)34(26-30-15-9-6-10-16-30)32-23-19-28(12-4-2)20-24-32/h5-10,13-26H,3-4,11-12H2,1-2H3/b33-25-,34-26+. The van der Waals surface area contributed by atoms with Crippen LogP contribution in [0.3, 0.4) is 0 Å². The van der Waals surface area contributed by atoms with Gasteiger partial charge in [-0.25, -0.2) is 0 Å². The fourth-order valence-corrected chi connectivity index (χ4v) is 4.34. The topological polar surface area (TPSA) is 0 Å². The van der Waals surface area contributed by atoms with E-state index < -0.39 is 0 Å². The van der Waals surface area contributed by atoms with Gasteiger partial charge in [-0.05, 0) is 69.5 Å². The molecule has 0 amide bonds. The van der Waals surface area contributed by atoms with Crippen LogP contribution in [0.1, 0.15) is 60.1 Å². The monoisotopic (exact) mass is 442 g/mol. The normalized spacial score (nSPS) is 12.1. The Morgan fingerprint density at radius 3 is 1.15 bits per heavy atom. The van der Waals surface area contributed by atoms with Crippen LogP contribution in [-0.2, 0) is 12.8 Å². The zero-order valence-corrected chi connectivity index (χ0v) is 20.4. The minimum Gasteiger partial charge on any atom is -0.0651 e. The van der Waals surface area contributed by atoms with Gasteiger partial charge >= 0.3 is 0 Å². The Morgan fingerprint density at radius 1 is 0.471 bits per heavy atom. The fraction of sp³-hybridized carbons (Fsp3) is 0.176. The Bertz CT molecular complexity index is 1110. The molecule has 170 valence electrons. The highest BCUT2D eigenvalue weighted by atomic mass is 14.2. The zero-order chi connectivity index (χ0) is 23.6. The quantitative estimate of drug-likeness (QED) is 0.179. The molecule has 0 aromatic heterocycles. The molecule has 0 aliphatic rings. The molecule has 34 heavy (non-hydrogen) atoms. The lowest BCUT2D eigenvalue weighted by atomic mass is 9.88. The van der Waals surface area contributed by atoms with E-state index in [1.165, 1.54) is 44.5 Å².